The van der Waals surface area contributed by atoms with Crippen LogP contribution in [0.4, 0.5) is 5.69 Å². The van der Waals surface area contributed by atoms with Crippen molar-refractivity contribution in [2.75, 3.05) is 19.5 Å². The highest BCUT2D eigenvalue weighted by Crippen LogP contribution is 2.48. The first-order valence-electron chi connectivity index (χ1n) is 8.42. The van der Waals surface area contributed by atoms with E-state index < -0.39 is 0 Å². The Balaban J connectivity index is 1.95. The van der Waals surface area contributed by atoms with E-state index in [0.29, 0.717) is 17.9 Å². The number of allylic oxidation sites excluding steroid dienone is 2. The Morgan fingerprint density at radius 3 is 2.68 bits per heavy atom. The summed E-state index contributed by atoms with van der Waals surface area (Å²) in [5, 5.41) is 3.46. The van der Waals surface area contributed by atoms with Crippen LogP contribution in [0.1, 0.15) is 36.3 Å². The predicted octanol–water partition coefficient (Wildman–Crippen LogP) is 3.66. The van der Waals surface area contributed by atoms with Crippen LogP contribution in [0.15, 0.2) is 47.9 Å². The van der Waals surface area contributed by atoms with E-state index in [-0.39, 0.29) is 11.7 Å². The zero-order chi connectivity index (χ0) is 17.4. The van der Waals surface area contributed by atoms with Crippen molar-refractivity contribution in [3.63, 3.8) is 0 Å². The van der Waals surface area contributed by atoms with Gasteiger partial charge in [0.25, 0.3) is 0 Å². The first kappa shape index (κ1) is 15.7. The molecule has 1 aliphatic heterocycles. The quantitative estimate of drug-likeness (QED) is 0.927. The lowest BCUT2D eigenvalue weighted by atomic mass is 9.76. The Labute approximate surface area is 146 Å². The molecule has 4 rings (SSSR count). The van der Waals surface area contributed by atoms with Gasteiger partial charge in [-0.1, -0.05) is 6.07 Å². The third kappa shape index (κ3) is 2.56. The van der Waals surface area contributed by atoms with E-state index in [9.17, 15) is 4.79 Å². The number of methoxy groups -OCH3 is 2. The number of Topliss-reactive ketones (excluding diaryl/α,β-unsaturated/α-hetero) is 1. The summed E-state index contributed by atoms with van der Waals surface area (Å²) in [6, 6.07) is 7.84. The highest BCUT2D eigenvalue weighted by Gasteiger charge is 2.36. The second-order valence-corrected chi connectivity index (χ2v) is 6.31. The van der Waals surface area contributed by atoms with Gasteiger partial charge >= 0.3 is 0 Å². The van der Waals surface area contributed by atoms with Crippen LogP contribution in [0, 0.1) is 0 Å². The second-order valence-electron chi connectivity index (χ2n) is 6.31. The second kappa shape index (κ2) is 6.24. The average Bonchev–Trinajstić information content (AvgIpc) is 2.66. The van der Waals surface area contributed by atoms with Gasteiger partial charge in [0.05, 0.1) is 14.2 Å². The maximum absolute atomic E-state index is 12.7. The highest BCUT2D eigenvalue weighted by atomic mass is 16.5. The molecule has 0 radical (unpaired) electrons. The first-order chi connectivity index (χ1) is 12.2. The van der Waals surface area contributed by atoms with Gasteiger partial charge in [0, 0.05) is 47.8 Å². The molecule has 2 aliphatic rings. The molecule has 0 unspecified atom stereocenters. The predicted molar refractivity (Wildman–Crippen MR) is 95.1 cm³/mol. The Morgan fingerprint density at radius 2 is 1.96 bits per heavy atom. The van der Waals surface area contributed by atoms with Crippen LogP contribution in [0.3, 0.4) is 0 Å². The van der Waals surface area contributed by atoms with Gasteiger partial charge in [-0.3, -0.25) is 9.78 Å². The molecule has 0 saturated carbocycles. The van der Waals surface area contributed by atoms with Crippen molar-refractivity contribution in [1.82, 2.24) is 4.98 Å². The van der Waals surface area contributed by atoms with E-state index in [4.69, 9.17) is 9.47 Å². The van der Waals surface area contributed by atoms with Gasteiger partial charge in [-0.15, -0.1) is 0 Å². The summed E-state index contributed by atoms with van der Waals surface area (Å²) in [5.74, 6) is 1.41. The van der Waals surface area contributed by atoms with Crippen LogP contribution in [-0.4, -0.2) is 25.0 Å². The third-order valence-electron chi connectivity index (χ3n) is 4.91. The molecule has 1 atom stereocenters. The minimum Gasteiger partial charge on any atom is -0.493 e. The van der Waals surface area contributed by atoms with Crippen molar-refractivity contribution in [2.24, 2.45) is 0 Å². The summed E-state index contributed by atoms with van der Waals surface area (Å²) < 4.78 is 10.9. The van der Waals surface area contributed by atoms with E-state index in [1.165, 1.54) is 0 Å². The normalized spacial score (nSPS) is 19.0. The van der Waals surface area contributed by atoms with Gasteiger partial charge in [0.2, 0.25) is 0 Å². The lowest BCUT2D eigenvalue weighted by molar-refractivity contribution is -0.116. The summed E-state index contributed by atoms with van der Waals surface area (Å²) in [6.07, 6.45) is 5.94. The van der Waals surface area contributed by atoms with Crippen LogP contribution in [0.2, 0.25) is 0 Å². The Bertz CT molecular complexity index is 859. The minimum atomic E-state index is -0.132. The number of hydrogen-bond acceptors (Lipinski definition) is 5. The summed E-state index contributed by atoms with van der Waals surface area (Å²) in [6.45, 7) is 0. The number of anilines is 1. The molecule has 5 nitrogen and oxygen atoms in total. The molecule has 0 bridgehead atoms. The monoisotopic (exact) mass is 336 g/mol. The van der Waals surface area contributed by atoms with Crippen molar-refractivity contribution in [3.8, 4) is 11.5 Å². The number of benzene rings is 1. The largest absolute Gasteiger partial charge is 0.493 e. The molecule has 1 aromatic carbocycles. The molecule has 25 heavy (non-hydrogen) atoms. The fraction of sp³-hybridized carbons (Fsp3) is 0.300. The van der Waals surface area contributed by atoms with E-state index in [1.807, 2.05) is 30.5 Å². The fourth-order valence-corrected chi connectivity index (χ4v) is 3.78. The number of carbonyl (C=O) groups excluding carboxylic acids is 1. The molecule has 1 aromatic heterocycles. The van der Waals surface area contributed by atoms with Crippen molar-refractivity contribution in [2.45, 2.75) is 25.2 Å². The number of pyridine rings is 1. The summed E-state index contributed by atoms with van der Waals surface area (Å²) in [5.41, 5.74) is 4.86. The standard InChI is InChI=1S/C20H20N2O3/c1-24-17-9-13-15(10-18(17)25-2)22-14-6-3-7-16(23)20(14)19(13)12-5-4-8-21-11-12/h4-5,8-11,19,22H,3,6-7H2,1-2H3/t19-/m1/s1. The summed E-state index contributed by atoms with van der Waals surface area (Å²) >= 11 is 0. The number of fused-ring (bicyclic) bond motifs is 1. The SMILES string of the molecule is COc1cc2c(cc1OC)[C@@H](c1cccnc1)C1=C(CCCC1=O)N2. The molecule has 0 amide bonds. The maximum atomic E-state index is 12.7. The molecular formula is C20H20N2O3. The molecule has 0 fully saturated rings. The fourth-order valence-electron chi connectivity index (χ4n) is 3.78. The number of rotatable bonds is 3. The van der Waals surface area contributed by atoms with Crippen molar-refractivity contribution in [1.29, 1.82) is 0 Å². The zero-order valence-corrected chi connectivity index (χ0v) is 14.3. The molecule has 5 heteroatoms. The molecular weight excluding hydrogens is 316 g/mol. The third-order valence-corrected chi connectivity index (χ3v) is 4.91. The number of ketones is 1. The number of nitrogens with one attached hydrogen (secondary N) is 1. The summed E-state index contributed by atoms with van der Waals surface area (Å²) in [4.78, 5) is 17.0. The zero-order valence-electron chi connectivity index (χ0n) is 14.3. The molecule has 1 N–H and O–H groups in total. The Hall–Kier alpha value is -2.82. The number of nitrogens with zero attached hydrogens (tertiary/aromatic N) is 1. The maximum Gasteiger partial charge on any atom is 0.162 e. The van der Waals surface area contributed by atoms with Gasteiger partial charge in [0.1, 0.15) is 0 Å². The summed E-state index contributed by atoms with van der Waals surface area (Å²) in [7, 11) is 3.25. The van der Waals surface area contributed by atoms with Crippen LogP contribution in [-0.2, 0) is 4.79 Å². The smallest absolute Gasteiger partial charge is 0.162 e. The van der Waals surface area contributed by atoms with Crippen molar-refractivity contribution < 1.29 is 14.3 Å². The van der Waals surface area contributed by atoms with E-state index in [2.05, 4.69) is 10.3 Å². The van der Waals surface area contributed by atoms with Gasteiger partial charge in [-0.05, 0) is 36.1 Å². The van der Waals surface area contributed by atoms with Gasteiger partial charge in [0.15, 0.2) is 17.3 Å². The lowest BCUT2D eigenvalue weighted by Crippen LogP contribution is -2.27. The molecule has 2 heterocycles. The molecule has 128 valence electrons. The molecule has 2 aromatic rings. The highest BCUT2D eigenvalue weighted by molar-refractivity contribution is 6.01. The first-order valence-corrected chi connectivity index (χ1v) is 8.42. The van der Waals surface area contributed by atoms with E-state index >= 15 is 0 Å². The van der Waals surface area contributed by atoms with Crippen LogP contribution in [0.5, 0.6) is 11.5 Å². The lowest BCUT2D eigenvalue weighted by Gasteiger charge is -2.34. The number of aromatic nitrogens is 1. The number of ether oxygens (including phenoxy) is 2. The number of carbonyl (C=O) groups is 1. The number of hydrogen-bond donors (Lipinski definition) is 1. The molecule has 1 aliphatic carbocycles. The van der Waals surface area contributed by atoms with Crippen LogP contribution >= 0.6 is 0 Å². The van der Waals surface area contributed by atoms with Crippen LogP contribution in [0.25, 0.3) is 0 Å². The van der Waals surface area contributed by atoms with Gasteiger partial charge in [-0.2, -0.15) is 0 Å². The van der Waals surface area contributed by atoms with Gasteiger partial charge in [-0.25, -0.2) is 0 Å². The topological polar surface area (TPSA) is 60.5 Å². The van der Waals surface area contributed by atoms with Crippen molar-refractivity contribution >= 4 is 11.5 Å². The van der Waals surface area contributed by atoms with Crippen LogP contribution < -0.4 is 14.8 Å². The Kier molecular flexibility index (Phi) is 3.92. The Morgan fingerprint density at radius 1 is 1.16 bits per heavy atom. The minimum absolute atomic E-state index is 0.132. The molecule has 0 saturated heterocycles. The van der Waals surface area contributed by atoms with Crippen molar-refractivity contribution in [3.05, 3.63) is 59.1 Å². The average molecular weight is 336 g/mol. The molecule has 0 spiro atoms. The van der Waals surface area contributed by atoms with E-state index in [1.54, 1.807) is 20.4 Å². The van der Waals surface area contributed by atoms with Gasteiger partial charge < -0.3 is 14.8 Å². The van der Waals surface area contributed by atoms with E-state index in [0.717, 1.165) is 40.9 Å².